The molecule has 4 aromatic carbocycles. The molecule has 4 heterocycles. The summed E-state index contributed by atoms with van der Waals surface area (Å²) in [6.07, 6.45) is 12.9. The Morgan fingerprint density at radius 1 is 0.779 bits per heavy atom. The molecule has 95 heavy (non-hydrogen) atoms. The Bertz CT molecular complexity index is 4660. The predicted molar refractivity (Wildman–Crippen MR) is 357 cm³/mol. The Balaban J connectivity index is 1.05. The number of hydrogen-bond acceptors (Lipinski definition) is 19. The minimum atomic E-state index is -4.62. The van der Waals surface area contributed by atoms with E-state index in [0.29, 0.717) is 101 Å². The molecule has 9 N–H and O–H groups in total. The molecule has 3 aliphatic rings. The smallest absolute Gasteiger partial charge is 0.328 e. The highest BCUT2D eigenvalue weighted by atomic mass is 32.2. The van der Waals surface area contributed by atoms with Crippen LogP contribution in [0.15, 0.2) is 153 Å². The van der Waals surface area contributed by atoms with E-state index in [9.17, 15) is 66.3 Å². The summed E-state index contributed by atoms with van der Waals surface area (Å²) in [4.78, 5) is 56.3. The number of esters is 1. The van der Waals surface area contributed by atoms with Gasteiger partial charge in [0.1, 0.15) is 24.1 Å². The van der Waals surface area contributed by atoms with Crippen LogP contribution in [0.2, 0.25) is 0 Å². The molecule has 1 aliphatic carbocycles. The number of ether oxygens (including phenoxy) is 2. The van der Waals surface area contributed by atoms with E-state index >= 15 is 0 Å². The minimum absolute atomic E-state index is 0.0226. The van der Waals surface area contributed by atoms with E-state index in [1.165, 1.54) is 30.5 Å². The number of benzene rings is 4. The minimum Gasteiger partial charge on any atom is -0.464 e. The zero-order valence-electron chi connectivity index (χ0n) is 52.9. The number of hydrogen-bond donors (Lipinski definition) is 8. The van der Waals surface area contributed by atoms with Gasteiger partial charge in [0.25, 0.3) is 51.9 Å². The summed E-state index contributed by atoms with van der Waals surface area (Å²) >= 11 is 0. The Hall–Kier alpha value is -8.49. The number of fused-ring (bicyclic) bond motifs is 3. The predicted octanol–water partition coefficient (Wildman–Crippen LogP) is 8.48. The number of nitrogens with two attached hydrogens (primary N) is 1. The van der Waals surface area contributed by atoms with Gasteiger partial charge in [0.2, 0.25) is 11.6 Å². The molecule has 0 fully saturated rings. The fraction of sp³-hybridized carbons (Fsp3) is 0.369. The van der Waals surface area contributed by atoms with Crippen LogP contribution in [0.1, 0.15) is 125 Å². The van der Waals surface area contributed by atoms with Gasteiger partial charge < -0.3 is 30.7 Å². The van der Waals surface area contributed by atoms with Crippen molar-refractivity contribution in [3.05, 3.63) is 176 Å². The summed E-state index contributed by atoms with van der Waals surface area (Å²) in [5, 5.41) is 6.04. The molecule has 0 unspecified atom stereocenters. The van der Waals surface area contributed by atoms with E-state index in [0.717, 1.165) is 17.6 Å². The van der Waals surface area contributed by atoms with E-state index in [4.69, 9.17) is 15.2 Å². The van der Waals surface area contributed by atoms with Gasteiger partial charge in [-0.3, -0.25) is 32.8 Å². The van der Waals surface area contributed by atoms with Crippen molar-refractivity contribution in [2.75, 3.05) is 47.2 Å². The number of nitrogen functional groups attached to an aromatic ring is 1. The number of allylic oxidation sites excluding steroid dienone is 7. The van der Waals surface area contributed by atoms with Gasteiger partial charge in [-0.2, -0.15) is 43.2 Å². The molecule has 6 aromatic rings. The standard InChI is InChI=1S/C65H75N9O17S4/c1-6-7-33-90-62(77)52(70-60(75)44-17-21-45(22-18-44)67-39-46-40-68-59-57(69-46)61(76)72-63(66)71-59)36-41-15-23-47(24-16-41)91-58-42(19-29-55-64(2,3)50-37-48(94(84,85)86)25-27-53(50)73(55)31-8-10-34-92(78,79)80)13-12-14-43(58)20-30-56-65(4,5)51-38-49(95(87,88)89)26-28-54(51)74(56)32-9-11-35-93(81,82)83/h15-30,37-38,40,52H,6-14,31-36,39H2,1-5H3,(H8-,66,67,68,70,71,72,75,76,78,79,80,81,82,83,84,85,86,87,88,89)/p+1/t52-/m0/s1. The van der Waals surface area contributed by atoms with Crippen LogP contribution in [0.25, 0.3) is 11.2 Å². The number of nitrogens with zero attached hydrogens (tertiary/aromatic N) is 5. The van der Waals surface area contributed by atoms with Gasteiger partial charge in [0.05, 0.1) is 51.8 Å². The topological polar surface area (TPSA) is 398 Å². The Kier molecular flexibility index (Phi) is 21.5. The van der Waals surface area contributed by atoms with Crippen molar-refractivity contribution >= 4 is 92.2 Å². The van der Waals surface area contributed by atoms with Crippen molar-refractivity contribution in [2.24, 2.45) is 0 Å². The monoisotopic (exact) mass is 1380 g/mol. The van der Waals surface area contributed by atoms with Gasteiger partial charge in [-0.25, -0.2) is 14.8 Å². The van der Waals surface area contributed by atoms with Crippen LogP contribution < -0.4 is 31.6 Å². The summed E-state index contributed by atoms with van der Waals surface area (Å²) in [5.74, 6) is -1.38. The van der Waals surface area contributed by atoms with E-state index in [1.54, 1.807) is 60.7 Å². The number of amides is 1. The van der Waals surface area contributed by atoms with Crippen LogP contribution in [0.3, 0.4) is 0 Å². The van der Waals surface area contributed by atoms with E-state index in [2.05, 4.69) is 30.6 Å². The number of carbonyl (C=O) groups is 2. The molecule has 0 radical (unpaired) electrons. The highest BCUT2D eigenvalue weighted by Gasteiger charge is 2.45. The molecule has 0 bridgehead atoms. The molecule has 0 spiro atoms. The maximum absolute atomic E-state index is 13.9. The summed E-state index contributed by atoms with van der Waals surface area (Å²) in [6, 6.07) is 20.9. The number of nitrogens with one attached hydrogen (secondary N) is 3. The second-order valence-electron chi connectivity index (χ2n) is 24.4. The van der Waals surface area contributed by atoms with Gasteiger partial charge in [0, 0.05) is 65.1 Å². The first kappa shape index (κ1) is 70.8. The van der Waals surface area contributed by atoms with Gasteiger partial charge in [-0.15, -0.1) is 0 Å². The van der Waals surface area contributed by atoms with Crippen LogP contribution >= 0.6 is 0 Å². The van der Waals surface area contributed by atoms with Gasteiger partial charge in [-0.1, -0.05) is 45.4 Å². The summed E-state index contributed by atoms with van der Waals surface area (Å²) in [5.41, 5.74) is 10.6. The summed E-state index contributed by atoms with van der Waals surface area (Å²) < 4.78 is 151. The van der Waals surface area contributed by atoms with Crippen LogP contribution in [-0.2, 0) is 73.8 Å². The van der Waals surface area contributed by atoms with Crippen molar-refractivity contribution in [1.29, 1.82) is 0 Å². The first-order valence-corrected chi connectivity index (χ1v) is 36.8. The molecule has 2 aromatic heterocycles. The van der Waals surface area contributed by atoms with Crippen LogP contribution in [0.4, 0.5) is 23.0 Å². The van der Waals surface area contributed by atoms with Crippen molar-refractivity contribution in [1.82, 2.24) is 25.3 Å². The third-order valence-corrected chi connectivity index (χ3v) is 20.1. The molecule has 0 saturated heterocycles. The van der Waals surface area contributed by atoms with Crippen LogP contribution in [0.5, 0.6) is 5.75 Å². The first-order chi connectivity index (χ1) is 44.7. The maximum Gasteiger partial charge on any atom is 0.328 e. The highest BCUT2D eigenvalue weighted by Crippen LogP contribution is 2.49. The zero-order chi connectivity index (χ0) is 68.8. The fourth-order valence-electron chi connectivity index (χ4n) is 11.8. The number of carbonyl (C=O) groups excluding carboxylic acids is 2. The lowest BCUT2D eigenvalue weighted by Crippen LogP contribution is -2.43. The number of aromatic nitrogens is 4. The van der Waals surface area contributed by atoms with Gasteiger partial charge in [-0.05, 0) is 160 Å². The Morgan fingerprint density at radius 2 is 1.44 bits per heavy atom. The lowest BCUT2D eigenvalue weighted by atomic mass is 9.81. The highest BCUT2D eigenvalue weighted by molar-refractivity contribution is 7.86. The van der Waals surface area contributed by atoms with E-state index in [1.807, 2.05) is 68.4 Å². The average molecular weight is 1380 g/mol. The average Bonchev–Trinajstić information content (AvgIpc) is 1.60. The molecule has 30 heteroatoms. The van der Waals surface area contributed by atoms with E-state index < -0.39 is 86.3 Å². The number of aromatic amines is 1. The van der Waals surface area contributed by atoms with Gasteiger partial charge in [0.15, 0.2) is 16.9 Å². The lowest BCUT2D eigenvalue weighted by molar-refractivity contribution is -0.438. The van der Waals surface area contributed by atoms with Crippen LogP contribution in [-0.4, -0.2) is 131 Å². The largest absolute Gasteiger partial charge is 0.464 e. The van der Waals surface area contributed by atoms with Gasteiger partial charge >= 0.3 is 5.97 Å². The molecule has 2 aliphatic heterocycles. The third kappa shape index (κ3) is 17.5. The molecular weight excluding hydrogens is 1310 g/mol. The van der Waals surface area contributed by atoms with Crippen LogP contribution in [0, 0.1) is 0 Å². The SMILES string of the molecule is CCCCOC(=O)[C@H](Cc1ccc(OC2=C(/C=C/C3=[N+](CCCCS(=O)(=O)O)c4ccc(S(=O)(=O)O)cc4C3(C)C)CCC/C2=C\C=C2\N(CCCCS(=O)(=O)O)c3ccc(S(=O)(=O)O)cc3C2(C)C)cc1)NC(=O)c1ccc(NCc2cnc3nc(N)[nH]c(=O)c3n2)cc1. The third-order valence-electron chi connectivity index (χ3n) is 16.8. The second-order valence-corrected chi connectivity index (χ2v) is 30.4. The maximum atomic E-state index is 13.9. The fourth-order valence-corrected chi connectivity index (χ4v) is 14.0. The lowest BCUT2D eigenvalue weighted by Gasteiger charge is -2.27. The number of unbranched alkanes of at least 4 members (excludes halogenated alkanes) is 3. The number of anilines is 3. The summed E-state index contributed by atoms with van der Waals surface area (Å²) in [7, 11) is -17.8. The molecular formula is C65H76N9O17S4+. The Labute approximate surface area is 551 Å². The summed E-state index contributed by atoms with van der Waals surface area (Å²) in [6.45, 7) is 10.4. The zero-order valence-corrected chi connectivity index (χ0v) is 56.2. The Morgan fingerprint density at radius 3 is 2.11 bits per heavy atom. The number of H-pyrrole nitrogens is 1. The van der Waals surface area contributed by atoms with Crippen molar-refractivity contribution < 1.29 is 75.5 Å². The number of rotatable bonds is 28. The van der Waals surface area contributed by atoms with Crippen molar-refractivity contribution in [3.63, 3.8) is 0 Å². The van der Waals surface area contributed by atoms with Crippen molar-refractivity contribution in [2.45, 2.75) is 132 Å². The normalized spacial score (nSPS) is 16.8. The molecule has 1 amide bonds. The first-order valence-electron chi connectivity index (χ1n) is 30.7. The molecule has 26 nitrogen and oxygen atoms in total. The van der Waals surface area contributed by atoms with E-state index in [-0.39, 0.29) is 78.0 Å². The second kappa shape index (κ2) is 28.8. The molecule has 1 atom stereocenters. The molecule has 0 saturated carbocycles. The van der Waals surface area contributed by atoms with Crippen molar-refractivity contribution in [3.8, 4) is 5.75 Å². The quantitative estimate of drug-likeness (QED) is 0.00987. The molecule has 9 rings (SSSR count). The molecule has 506 valence electrons.